The molecule has 0 amide bonds. The Morgan fingerprint density at radius 3 is 0.868 bits per heavy atom. The Morgan fingerprint density at radius 2 is 0.553 bits per heavy atom. The van der Waals surface area contributed by atoms with Crippen LogP contribution in [0.3, 0.4) is 0 Å². The average molecular weight is 1040 g/mol. The van der Waals surface area contributed by atoms with E-state index in [1.165, 1.54) is 19.3 Å². The third-order valence-electron chi connectivity index (χ3n) is 11.7. The van der Waals surface area contributed by atoms with Crippen molar-refractivity contribution in [2.24, 2.45) is 0 Å². The fourth-order valence-corrected chi connectivity index (χ4v) is 7.25. The van der Waals surface area contributed by atoms with Crippen molar-refractivity contribution in [1.82, 2.24) is 0 Å². The van der Waals surface area contributed by atoms with Crippen LogP contribution in [0, 0.1) is 0 Å². The highest BCUT2D eigenvalue weighted by atomic mass is 16.6. The van der Waals surface area contributed by atoms with Crippen LogP contribution in [0.4, 0.5) is 0 Å². The molecule has 0 aromatic heterocycles. The molecule has 76 heavy (non-hydrogen) atoms. The number of allylic oxidation sites excluding steroid dienone is 29. The van der Waals surface area contributed by atoms with Crippen LogP contribution in [0.25, 0.3) is 0 Å². The summed E-state index contributed by atoms with van der Waals surface area (Å²) in [6.45, 7) is 6.23. The predicted octanol–water partition coefficient (Wildman–Crippen LogP) is 20.5. The predicted molar refractivity (Wildman–Crippen MR) is 329 cm³/mol. The van der Waals surface area contributed by atoms with Gasteiger partial charge < -0.3 is 14.2 Å². The monoisotopic (exact) mass is 1040 g/mol. The van der Waals surface area contributed by atoms with Gasteiger partial charge in [0.25, 0.3) is 0 Å². The Bertz CT molecular complexity index is 1820. The van der Waals surface area contributed by atoms with Gasteiger partial charge >= 0.3 is 17.9 Å². The molecule has 0 N–H and O–H groups in total. The lowest BCUT2D eigenvalue weighted by Crippen LogP contribution is -2.30. The standard InChI is InChI=1S/C70H106O6/c1-4-7-10-13-16-19-22-25-28-29-30-31-32-33-34-35-36-37-38-39-40-41-43-45-48-51-54-57-60-63-69(72)75-66-67(65-74-68(71)62-59-56-53-50-47-44-27-24-21-18-15-12-9-6-3)76-70(73)64-61-58-55-52-49-46-42-26-23-20-17-14-11-8-5-2/h7-8,10-11,15-20,24-28,30-31,33-34,36-37,39-40,42-43,45,49,52,58,61,67H,4-6,9,12-14,21-23,29,32,35,38,41,44,46-48,50-51,53-57,59-60,62-66H2,1-3H3/b10-7-,11-8-,18-15-,19-16-,20-17-,27-24-,28-25-,31-30-,34-33-,37-36-,40-39-,42-26-,45-43-,52-49-,61-58-. The van der Waals surface area contributed by atoms with E-state index in [4.69, 9.17) is 14.2 Å². The highest BCUT2D eigenvalue weighted by molar-refractivity contribution is 5.72. The molecule has 0 heterocycles. The van der Waals surface area contributed by atoms with E-state index in [-0.39, 0.29) is 31.6 Å². The van der Waals surface area contributed by atoms with Crippen molar-refractivity contribution in [3.63, 3.8) is 0 Å². The summed E-state index contributed by atoms with van der Waals surface area (Å²) in [5.74, 6) is -1.12. The lowest BCUT2D eigenvalue weighted by Gasteiger charge is -2.18. The zero-order valence-electron chi connectivity index (χ0n) is 48.2. The molecule has 0 spiro atoms. The Balaban J connectivity index is 4.50. The number of unbranched alkanes of at least 4 members (excludes halogenated alkanes) is 11. The zero-order valence-corrected chi connectivity index (χ0v) is 48.2. The normalized spacial score (nSPS) is 13.5. The van der Waals surface area contributed by atoms with E-state index in [2.05, 4.69) is 191 Å². The van der Waals surface area contributed by atoms with Gasteiger partial charge in [-0.15, -0.1) is 0 Å². The number of hydrogen-bond donors (Lipinski definition) is 0. The lowest BCUT2D eigenvalue weighted by molar-refractivity contribution is -0.166. The number of hydrogen-bond acceptors (Lipinski definition) is 6. The fourth-order valence-electron chi connectivity index (χ4n) is 7.25. The molecule has 422 valence electrons. The molecule has 1 unspecified atom stereocenters. The van der Waals surface area contributed by atoms with Gasteiger partial charge in [0.15, 0.2) is 6.10 Å². The number of rotatable bonds is 51. The Kier molecular flexibility index (Phi) is 57.6. The van der Waals surface area contributed by atoms with Gasteiger partial charge in [0.1, 0.15) is 13.2 Å². The second-order valence-corrected chi connectivity index (χ2v) is 18.8. The first-order valence-electron chi connectivity index (χ1n) is 29.8. The maximum Gasteiger partial charge on any atom is 0.310 e. The SMILES string of the molecule is CC/C=C\C/C=C\C/C=C\C/C=C\C/C=C\C/C=C\C/C=C\C/C=C\CCCCCCC(=O)OCC(COC(=O)CCCCCCC/C=C\C/C=C\CCCC)OC(=O)C/C=C\C/C=C\C/C=C\C/C=C\C/C=C\CC. The Labute approximate surface area is 465 Å². The van der Waals surface area contributed by atoms with E-state index in [1.54, 1.807) is 6.08 Å². The lowest BCUT2D eigenvalue weighted by atomic mass is 10.1. The number of carbonyl (C=O) groups is 3. The maximum atomic E-state index is 12.8. The smallest absolute Gasteiger partial charge is 0.310 e. The quantitative estimate of drug-likeness (QED) is 0.0261. The Hall–Kier alpha value is -5.49. The van der Waals surface area contributed by atoms with Gasteiger partial charge in [-0.3, -0.25) is 14.4 Å². The second kappa shape index (κ2) is 62.1. The first kappa shape index (κ1) is 70.5. The molecule has 0 aliphatic rings. The van der Waals surface area contributed by atoms with Crippen molar-refractivity contribution < 1.29 is 28.6 Å². The van der Waals surface area contributed by atoms with Crippen LogP contribution < -0.4 is 0 Å². The first-order valence-corrected chi connectivity index (χ1v) is 29.8. The maximum absolute atomic E-state index is 12.8. The highest BCUT2D eigenvalue weighted by Crippen LogP contribution is 2.12. The second-order valence-electron chi connectivity index (χ2n) is 18.8. The van der Waals surface area contributed by atoms with Crippen molar-refractivity contribution in [3.8, 4) is 0 Å². The summed E-state index contributed by atoms with van der Waals surface area (Å²) in [4.78, 5) is 38.1. The first-order chi connectivity index (χ1) is 37.5. The molecule has 0 saturated heterocycles. The topological polar surface area (TPSA) is 78.9 Å². The van der Waals surface area contributed by atoms with Crippen molar-refractivity contribution in [3.05, 3.63) is 182 Å². The van der Waals surface area contributed by atoms with Crippen LogP contribution in [-0.4, -0.2) is 37.2 Å². The molecule has 0 radical (unpaired) electrons. The van der Waals surface area contributed by atoms with Crippen LogP contribution in [0.5, 0.6) is 0 Å². The van der Waals surface area contributed by atoms with E-state index in [0.29, 0.717) is 19.3 Å². The molecule has 0 rings (SSSR count). The van der Waals surface area contributed by atoms with Gasteiger partial charge in [-0.2, -0.15) is 0 Å². The van der Waals surface area contributed by atoms with Gasteiger partial charge in [-0.1, -0.05) is 248 Å². The van der Waals surface area contributed by atoms with E-state index in [9.17, 15) is 14.4 Å². The van der Waals surface area contributed by atoms with E-state index in [0.717, 1.165) is 154 Å². The molecule has 0 fully saturated rings. The van der Waals surface area contributed by atoms with Gasteiger partial charge in [-0.25, -0.2) is 0 Å². The van der Waals surface area contributed by atoms with Gasteiger partial charge in [0, 0.05) is 12.8 Å². The number of carbonyl (C=O) groups excluding carboxylic acids is 3. The fraction of sp³-hybridized carbons (Fsp3) is 0.529. The Morgan fingerprint density at radius 1 is 0.289 bits per heavy atom. The van der Waals surface area contributed by atoms with Crippen LogP contribution in [0.15, 0.2) is 182 Å². The van der Waals surface area contributed by atoms with E-state index >= 15 is 0 Å². The van der Waals surface area contributed by atoms with Crippen molar-refractivity contribution in [2.75, 3.05) is 13.2 Å². The minimum Gasteiger partial charge on any atom is -0.462 e. The molecule has 0 aliphatic carbocycles. The zero-order chi connectivity index (χ0) is 55.0. The van der Waals surface area contributed by atoms with Crippen molar-refractivity contribution in [2.45, 2.75) is 226 Å². The van der Waals surface area contributed by atoms with Gasteiger partial charge in [0.05, 0.1) is 6.42 Å². The summed E-state index contributed by atoms with van der Waals surface area (Å²) in [5.41, 5.74) is 0. The molecule has 0 aromatic carbocycles. The van der Waals surface area contributed by atoms with Crippen LogP contribution in [0.1, 0.15) is 220 Å². The van der Waals surface area contributed by atoms with Gasteiger partial charge in [0.2, 0.25) is 0 Å². The third kappa shape index (κ3) is 59.4. The molecule has 6 heteroatoms. The molecule has 0 aromatic rings. The van der Waals surface area contributed by atoms with E-state index < -0.39 is 12.1 Å². The van der Waals surface area contributed by atoms with Crippen molar-refractivity contribution in [1.29, 1.82) is 0 Å². The molecule has 0 bridgehead atoms. The molecular weight excluding hydrogens is 937 g/mol. The summed E-state index contributed by atoms with van der Waals surface area (Å²) in [7, 11) is 0. The van der Waals surface area contributed by atoms with Crippen LogP contribution in [0.2, 0.25) is 0 Å². The minimum atomic E-state index is -0.860. The van der Waals surface area contributed by atoms with E-state index in [1.807, 2.05) is 6.08 Å². The molecule has 0 saturated carbocycles. The molecular formula is C70H106O6. The molecule has 1 atom stereocenters. The summed E-state index contributed by atoms with van der Waals surface area (Å²) >= 11 is 0. The third-order valence-corrected chi connectivity index (χ3v) is 11.7. The van der Waals surface area contributed by atoms with Crippen molar-refractivity contribution >= 4 is 17.9 Å². The summed E-state index contributed by atoms with van der Waals surface area (Å²) in [6, 6.07) is 0. The van der Waals surface area contributed by atoms with Crippen LogP contribution >= 0.6 is 0 Å². The minimum absolute atomic E-state index is 0.0781. The summed E-state index contributed by atoms with van der Waals surface area (Å²) in [6.07, 6.45) is 93.4. The van der Waals surface area contributed by atoms with Crippen LogP contribution in [-0.2, 0) is 28.6 Å². The highest BCUT2D eigenvalue weighted by Gasteiger charge is 2.19. The van der Waals surface area contributed by atoms with Gasteiger partial charge in [-0.05, 0) is 135 Å². The summed E-state index contributed by atoms with van der Waals surface area (Å²) in [5, 5.41) is 0. The average Bonchev–Trinajstić information content (AvgIpc) is 3.42. The number of esters is 3. The molecule has 6 nitrogen and oxygen atoms in total. The largest absolute Gasteiger partial charge is 0.462 e. The number of ether oxygens (including phenoxy) is 3. The molecule has 0 aliphatic heterocycles. The summed E-state index contributed by atoms with van der Waals surface area (Å²) < 4.78 is 16.7.